The smallest absolute Gasteiger partial charge is 0.363 e. The van der Waals surface area contributed by atoms with Gasteiger partial charge in [0.2, 0.25) is 11.6 Å². The molecule has 25 heavy (non-hydrogen) atoms. The fourth-order valence-corrected chi connectivity index (χ4v) is 2.44. The minimum absolute atomic E-state index is 0.187. The molecule has 1 aliphatic rings. The molecule has 128 valence electrons. The van der Waals surface area contributed by atoms with Gasteiger partial charge in [0.05, 0.1) is 21.3 Å². The molecule has 0 amide bonds. The maximum Gasteiger partial charge on any atom is 0.363 e. The largest absolute Gasteiger partial charge is 0.493 e. The van der Waals surface area contributed by atoms with Gasteiger partial charge in [0.15, 0.2) is 17.2 Å². The number of rotatable bonds is 5. The van der Waals surface area contributed by atoms with Crippen LogP contribution in [-0.2, 0) is 9.53 Å². The van der Waals surface area contributed by atoms with Crippen LogP contribution in [0.15, 0.2) is 53.2 Å². The summed E-state index contributed by atoms with van der Waals surface area (Å²) in [5.74, 6) is 1.05. The lowest BCUT2D eigenvalue weighted by Crippen LogP contribution is -2.06. The molecule has 0 aliphatic carbocycles. The first-order valence-electron chi connectivity index (χ1n) is 7.54. The van der Waals surface area contributed by atoms with E-state index in [4.69, 9.17) is 18.9 Å². The molecule has 0 saturated carbocycles. The van der Waals surface area contributed by atoms with Crippen molar-refractivity contribution in [1.82, 2.24) is 0 Å². The van der Waals surface area contributed by atoms with Crippen LogP contribution < -0.4 is 14.2 Å². The SMILES string of the molecule is COc1cc(C2=N/C(=C/c3ccccc3)C(=O)O2)cc(OC)c1OC. The Morgan fingerprint density at radius 2 is 1.60 bits per heavy atom. The summed E-state index contributed by atoms with van der Waals surface area (Å²) in [6, 6.07) is 12.8. The molecule has 0 radical (unpaired) electrons. The molecule has 1 aliphatic heterocycles. The van der Waals surface area contributed by atoms with Crippen molar-refractivity contribution in [3.8, 4) is 17.2 Å². The van der Waals surface area contributed by atoms with Gasteiger partial charge in [0, 0.05) is 5.56 Å². The van der Waals surface area contributed by atoms with Gasteiger partial charge in [-0.2, -0.15) is 0 Å². The number of nitrogens with zero attached hydrogens (tertiary/aromatic N) is 1. The Bertz CT molecular complexity index is 830. The second-order valence-electron chi connectivity index (χ2n) is 5.16. The molecule has 0 fully saturated rings. The van der Waals surface area contributed by atoms with Gasteiger partial charge in [-0.1, -0.05) is 30.3 Å². The number of methoxy groups -OCH3 is 3. The average Bonchev–Trinajstić information content (AvgIpc) is 3.01. The Kier molecular flexibility index (Phi) is 4.70. The predicted octanol–water partition coefficient (Wildman–Crippen LogP) is 3.06. The van der Waals surface area contributed by atoms with Crippen molar-refractivity contribution >= 4 is 17.9 Å². The molecule has 0 spiro atoms. The van der Waals surface area contributed by atoms with Gasteiger partial charge in [0.1, 0.15) is 0 Å². The molecule has 6 nitrogen and oxygen atoms in total. The van der Waals surface area contributed by atoms with Crippen LogP contribution >= 0.6 is 0 Å². The normalized spacial score (nSPS) is 14.9. The molecule has 3 rings (SSSR count). The summed E-state index contributed by atoms with van der Waals surface area (Å²) in [5.41, 5.74) is 1.65. The van der Waals surface area contributed by atoms with Gasteiger partial charge < -0.3 is 18.9 Å². The van der Waals surface area contributed by atoms with Crippen LogP contribution in [0.25, 0.3) is 6.08 Å². The van der Waals surface area contributed by atoms with E-state index in [2.05, 4.69) is 4.99 Å². The molecule has 2 aromatic rings. The van der Waals surface area contributed by atoms with Crippen LogP contribution in [0.3, 0.4) is 0 Å². The number of aliphatic imine (C=N–C) groups is 1. The van der Waals surface area contributed by atoms with Crippen LogP contribution in [0.2, 0.25) is 0 Å². The van der Waals surface area contributed by atoms with E-state index in [0.29, 0.717) is 22.8 Å². The monoisotopic (exact) mass is 339 g/mol. The zero-order valence-corrected chi connectivity index (χ0v) is 14.1. The zero-order chi connectivity index (χ0) is 17.8. The minimum atomic E-state index is -0.507. The highest BCUT2D eigenvalue weighted by molar-refractivity contribution is 6.13. The number of benzene rings is 2. The highest BCUT2D eigenvalue weighted by Gasteiger charge is 2.26. The summed E-state index contributed by atoms with van der Waals surface area (Å²) in [4.78, 5) is 16.4. The van der Waals surface area contributed by atoms with E-state index in [9.17, 15) is 4.79 Å². The topological polar surface area (TPSA) is 66.4 Å². The van der Waals surface area contributed by atoms with E-state index in [-0.39, 0.29) is 11.6 Å². The summed E-state index contributed by atoms with van der Waals surface area (Å²) >= 11 is 0. The number of ether oxygens (including phenoxy) is 4. The second kappa shape index (κ2) is 7.09. The quantitative estimate of drug-likeness (QED) is 0.619. The average molecular weight is 339 g/mol. The highest BCUT2D eigenvalue weighted by atomic mass is 16.6. The van der Waals surface area contributed by atoms with Gasteiger partial charge in [-0.3, -0.25) is 0 Å². The highest BCUT2D eigenvalue weighted by Crippen LogP contribution is 2.39. The summed E-state index contributed by atoms with van der Waals surface area (Å²) in [6.45, 7) is 0. The lowest BCUT2D eigenvalue weighted by molar-refractivity contribution is -0.129. The van der Waals surface area contributed by atoms with Gasteiger partial charge in [-0.25, -0.2) is 9.79 Å². The third-order valence-corrected chi connectivity index (χ3v) is 3.64. The fraction of sp³-hybridized carbons (Fsp3) is 0.158. The first kappa shape index (κ1) is 16.6. The summed E-state index contributed by atoms with van der Waals surface area (Å²) in [6.07, 6.45) is 1.67. The molecular formula is C19H17NO5. The molecule has 0 saturated heterocycles. The number of carbonyl (C=O) groups is 1. The second-order valence-corrected chi connectivity index (χ2v) is 5.16. The number of cyclic esters (lactones) is 1. The third-order valence-electron chi connectivity index (χ3n) is 3.64. The van der Waals surface area contributed by atoms with Crippen molar-refractivity contribution in [3.05, 3.63) is 59.3 Å². The Balaban J connectivity index is 2.01. The van der Waals surface area contributed by atoms with Crippen molar-refractivity contribution in [1.29, 1.82) is 0 Å². The molecule has 1 heterocycles. The first-order valence-corrected chi connectivity index (χ1v) is 7.54. The summed E-state index contributed by atoms with van der Waals surface area (Å²) in [7, 11) is 4.56. The van der Waals surface area contributed by atoms with E-state index in [1.54, 1.807) is 18.2 Å². The molecule has 0 unspecified atom stereocenters. The summed E-state index contributed by atoms with van der Waals surface area (Å²) in [5, 5.41) is 0. The van der Waals surface area contributed by atoms with Gasteiger partial charge >= 0.3 is 5.97 Å². The van der Waals surface area contributed by atoms with Gasteiger partial charge in [-0.05, 0) is 23.8 Å². The van der Waals surface area contributed by atoms with Crippen LogP contribution in [0, 0.1) is 0 Å². The van der Waals surface area contributed by atoms with Crippen molar-refractivity contribution in [2.24, 2.45) is 4.99 Å². The van der Waals surface area contributed by atoms with Crippen molar-refractivity contribution in [2.45, 2.75) is 0 Å². The Morgan fingerprint density at radius 1 is 0.960 bits per heavy atom. The number of hydrogen-bond donors (Lipinski definition) is 0. The Hall–Kier alpha value is -3.28. The van der Waals surface area contributed by atoms with Crippen molar-refractivity contribution in [3.63, 3.8) is 0 Å². The van der Waals surface area contributed by atoms with E-state index in [0.717, 1.165) is 5.56 Å². The lowest BCUT2D eigenvalue weighted by atomic mass is 10.1. The van der Waals surface area contributed by atoms with E-state index in [1.807, 2.05) is 30.3 Å². The van der Waals surface area contributed by atoms with Crippen LogP contribution in [0.5, 0.6) is 17.2 Å². The molecule has 6 heteroatoms. The van der Waals surface area contributed by atoms with Gasteiger partial charge in [0.25, 0.3) is 0 Å². The molecule has 2 aromatic carbocycles. The first-order chi connectivity index (χ1) is 12.2. The van der Waals surface area contributed by atoms with E-state index >= 15 is 0 Å². The molecule has 0 N–H and O–H groups in total. The van der Waals surface area contributed by atoms with Crippen LogP contribution in [0.4, 0.5) is 0 Å². The van der Waals surface area contributed by atoms with Gasteiger partial charge in [-0.15, -0.1) is 0 Å². The zero-order valence-electron chi connectivity index (χ0n) is 14.1. The fourth-order valence-electron chi connectivity index (χ4n) is 2.44. The Labute approximate surface area is 145 Å². The standard InChI is InChI=1S/C19H17NO5/c1-22-15-10-13(11-16(23-2)17(15)24-3)18-20-14(19(21)25-18)9-12-7-5-4-6-8-12/h4-11H,1-3H3/b14-9+. The van der Waals surface area contributed by atoms with Crippen LogP contribution in [-0.4, -0.2) is 33.2 Å². The number of carbonyl (C=O) groups excluding carboxylic acids is 1. The molecule has 0 aromatic heterocycles. The molecule has 0 atom stereocenters. The molecule has 0 bridgehead atoms. The maximum absolute atomic E-state index is 12.1. The predicted molar refractivity (Wildman–Crippen MR) is 93.1 cm³/mol. The van der Waals surface area contributed by atoms with E-state index < -0.39 is 5.97 Å². The van der Waals surface area contributed by atoms with Crippen molar-refractivity contribution < 1.29 is 23.7 Å². The van der Waals surface area contributed by atoms with Crippen molar-refractivity contribution in [2.75, 3.05) is 21.3 Å². The Morgan fingerprint density at radius 3 is 2.16 bits per heavy atom. The lowest BCUT2D eigenvalue weighted by Gasteiger charge is -2.13. The minimum Gasteiger partial charge on any atom is -0.493 e. The van der Waals surface area contributed by atoms with Crippen LogP contribution in [0.1, 0.15) is 11.1 Å². The van der Waals surface area contributed by atoms with E-state index in [1.165, 1.54) is 21.3 Å². The third kappa shape index (κ3) is 3.33. The maximum atomic E-state index is 12.1. The summed E-state index contributed by atoms with van der Waals surface area (Å²) < 4.78 is 21.2. The number of hydrogen-bond acceptors (Lipinski definition) is 6. The number of esters is 1. The molecular weight excluding hydrogens is 322 g/mol.